The van der Waals surface area contributed by atoms with Crippen LogP contribution < -0.4 is 19.7 Å². The van der Waals surface area contributed by atoms with Crippen LogP contribution in [0.3, 0.4) is 0 Å². The second-order valence-corrected chi connectivity index (χ2v) is 10.4. The van der Waals surface area contributed by atoms with Crippen molar-refractivity contribution in [3.8, 4) is 5.75 Å². The van der Waals surface area contributed by atoms with Crippen molar-refractivity contribution in [2.45, 2.75) is 41.9 Å². The van der Waals surface area contributed by atoms with Gasteiger partial charge in [-0.05, 0) is 44.5 Å². The fourth-order valence-corrected chi connectivity index (χ4v) is 5.06. The summed E-state index contributed by atoms with van der Waals surface area (Å²) in [5, 5.41) is 13.7. The smallest absolute Gasteiger partial charge is 0.240 e. The van der Waals surface area contributed by atoms with Crippen molar-refractivity contribution in [1.82, 2.24) is 20.0 Å². The number of nitrogens with one attached hydrogen (secondary N) is 2. The number of aliphatic hydroxyl groups excluding tert-OH is 1. The summed E-state index contributed by atoms with van der Waals surface area (Å²) in [4.78, 5) is 11.0. The zero-order valence-corrected chi connectivity index (χ0v) is 19.5. The highest BCUT2D eigenvalue weighted by Crippen LogP contribution is 2.36. The maximum Gasteiger partial charge on any atom is 0.240 e. The predicted molar refractivity (Wildman–Crippen MR) is 123 cm³/mol. The molecule has 0 amide bonds. The van der Waals surface area contributed by atoms with Crippen LogP contribution in [0.5, 0.6) is 5.75 Å². The fraction of sp³-hybridized carbons (Fsp3) is 0.545. The molecule has 10 nitrogen and oxygen atoms in total. The van der Waals surface area contributed by atoms with E-state index in [-0.39, 0.29) is 23.1 Å². The van der Waals surface area contributed by atoms with Crippen molar-refractivity contribution in [1.29, 1.82) is 0 Å². The molecule has 33 heavy (non-hydrogen) atoms. The van der Waals surface area contributed by atoms with E-state index in [0.717, 1.165) is 38.3 Å². The zero-order chi connectivity index (χ0) is 23.3. The molecule has 2 aliphatic rings. The molecule has 0 aliphatic carbocycles. The van der Waals surface area contributed by atoms with Gasteiger partial charge in [0.1, 0.15) is 18.5 Å². The van der Waals surface area contributed by atoms with E-state index in [4.69, 9.17) is 9.47 Å². The molecule has 2 saturated heterocycles. The van der Waals surface area contributed by atoms with Crippen LogP contribution in [-0.4, -0.2) is 81.1 Å². The van der Waals surface area contributed by atoms with Crippen LogP contribution in [0.15, 0.2) is 47.6 Å². The van der Waals surface area contributed by atoms with Gasteiger partial charge >= 0.3 is 0 Å². The zero-order valence-electron chi connectivity index (χ0n) is 18.7. The number of hydrogen-bond donors (Lipinski definition) is 3. The average molecular weight is 478 g/mol. The Balaban J connectivity index is 1.20. The SMILES string of the molecule is CNS(=O)(=O)c1cccc(OCC(O)CNC2COC3(CCN(c4ncccn4)CC3)C2)c1. The second kappa shape index (κ2) is 10.3. The molecule has 1 aromatic heterocycles. The van der Waals surface area contributed by atoms with Gasteiger partial charge in [-0.3, -0.25) is 0 Å². The van der Waals surface area contributed by atoms with Crippen LogP contribution in [-0.2, 0) is 14.8 Å². The molecule has 0 saturated carbocycles. The van der Waals surface area contributed by atoms with Gasteiger partial charge < -0.3 is 24.8 Å². The van der Waals surface area contributed by atoms with Crippen LogP contribution in [0.2, 0.25) is 0 Å². The molecule has 2 unspecified atom stereocenters. The predicted octanol–water partition coefficient (Wildman–Crippen LogP) is 0.542. The van der Waals surface area contributed by atoms with E-state index >= 15 is 0 Å². The van der Waals surface area contributed by atoms with E-state index in [0.29, 0.717) is 18.9 Å². The van der Waals surface area contributed by atoms with Gasteiger partial charge in [0.05, 0.1) is 17.1 Å². The Morgan fingerprint density at radius 1 is 1.27 bits per heavy atom. The fourth-order valence-electron chi connectivity index (χ4n) is 4.30. The van der Waals surface area contributed by atoms with Crippen LogP contribution in [0.25, 0.3) is 0 Å². The number of aliphatic hydroxyl groups is 1. The summed E-state index contributed by atoms with van der Waals surface area (Å²) in [6, 6.07) is 8.18. The minimum absolute atomic E-state index is 0.0564. The van der Waals surface area contributed by atoms with Crippen molar-refractivity contribution in [3.63, 3.8) is 0 Å². The first-order chi connectivity index (χ1) is 15.9. The first-order valence-electron chi connectivity index (χ1n) is 11.1. The van der Waals surface area contributed by atoms with Gasteiger partial charge in [-0.2, -0.15) is 0 Å². The first kappa shape index (κ1) is 23.8. The van der Waals surface area contributed by atoms with E-state index in [1.807, 2.05) is 6.07 Å². The van der Waals surface area contributed by atoms with E-state index in [2.05, 4.69) is 24.9 Å². The Morgan fingerprint density at radius 3 is 2.76 bits per heavy atom. The lowest BCUT2D eigenvalue weighted by Gasteiger charge is -2.38. The molecule has 4 rings (SSSR count). The third-order valence-electron chi connectivity index (χ3n) is 6.19. The van der Waals surface area contributed by atoms with E-state index in [1.54, 1.807) is 24.5 Å². The third-order valence-corrected chi connectivity index (χ3v) is 7.60. The highest BCUT2D eigenvalue weighted by atomic mass is 32.2. The minimum atomic E-state index is -3.54. The number of nitrogens with zero attached hydrogens (tertiary/aromatic N) is 3. The number of rotatable bonds is 9. The molecule has 3 N–H and O–H groups in total. The average Bonchev–Trinajstić information content (AvgIpc) is 3.25. The molecule has 11 heteroatoms. The quantitative estimate of drug-likeness (QED) is 0.474. The number of ether oxygens (including phenoxy) is 2. The molecule has 2 aromatic rings. The summed E-state index contributed by atoms with van der Waals surface area (Å²) in [5.41, 5.74) is -0.135. The molecule has 1 spiro atoms. The molecule has 180 valence electrons. The lowest BCUT2D eigenvalue weighted by molar-refractivity contribution is -0.0152. The van der Waals surface area contributed by atoms with E-state index in [1.165, 1.54) is 19.2 Å². The lowest BCUT2D eigenvalue weighted by atomic mass is 9.87. The van der Waals surface area contributed by atoms with Gasteiger partial charge in [-0.1, -0.05) is 6.07 Å². The van der Waals surface area contributed by atoms with Gasteiger partial charge in [-0.25, -0.2) is 23.1 Å². The van der Waals surface area contributed by atoms with Gasteiger partial charge in [0.15, 0.2) is 0 Å². The maximum absolute atomic E-state index is 11.9. The van der Waals surface area contributed by atoms with Crippen molar-refractivity contribution in [2.24, 2.45) is 0 Å². The Labute approximate surface area is 194 Å². The first-order valence-corrected chi connectivity index (χ1v) is 12.6. The summed E-state index contributed by atoms with van der Waals surface area (Å²) < 4.78 is 37.9. The Hall–Kier alpha value is -2.31. The standard InChI is InChI=1S/C22H31N5O5S/c1-23-33(29,30)20-5-2-4-19(12-20)31-16-18(28)14-26-17-13-22(32-15-17)6-10-27(11-7-22)21-24-8-3-9-25-21/h2-5,8-9,12,17-18,23,26,28H,6-7,10-11,13-16H2,1H3. The highest BCUT2D eigenvalue weighted by Gasteiger charge is 2.43. The van der Waals surface area contributed by atoms with E-state index < -0.39 is 16.1 Å². The Kier molecular flexibility index (Phi) is 7.45. The Bertz CT molecular complexity index is 1010. The lowest BCUT2D eigenvalue weighted by Crippen LogP contribution is -2.45. The van der Waals surface area contributed by atoms with Crippen molar-refractivity contribution >= 4 is 16.0 Å². The van der Waals surface area contributed by atoms with Crippen molar-refractivity contribution in [2.75, 3.05) is 44.8 Å². The normalized spacial score (nSPS) is 21.3. The van der Waals surface area contributed by atoms with Crippen LogP contribution in [0, 0.1) is 0 Å². The van der Waals surface area contributed by atoms with Crippen LogP contribution in [0.1, 0.15) is 19.3 Å². The molecule has 2 aliphatic heterocycles. The Morgan fingerprint density at radius 2 is 2.03 bits per heavy atom. The molecule has 2 fully saturated rings. The molecule has 3 heterocycles. The highest BCUT2D eigenvalue weighted by molar-refractivity contribution is 7.89. The van der Waals surface area contributed by atoms with Crippen molar-refractivity contribution in [3.05, 3.63) is 42.7 Å². The van der Waals surface area contributed by atoms with Gasteiger partial charge in [0.25, 0.3) is 0 Å². The number of benzene rings is 1. The molecule has 1 aromatic carbocycles. The van der Waals surface area contributed by atoms with Gasteiger partial charge in [0.2, 0.25) is 16.0 Å². The summed E-state index contributed by atoms with van der Waals surface area (Å²) >= 11 is 0. The summed E-state index contributed by atoms with van der Waals surface area (Å²) in [6.07, 6.45) is 5.52. The summed E-state index contributed by atoms with van der Waals surface area (Å²) in [5.74, 6) is 1.15. The van der Waals surface area contributed by atoms with Crippen LogP contribution >= 0.6 is 0 Å². The number of anilines is 1. The van der Waals surface area contributed by atoms with Crippen LogP contribution in [0.4, 0.5) is 5.95 Å². The van der Waals surface area contributed by atoms with Gasteiger partial charge in [-0.15, -0.1) is 0 Å². The summed E-state index contributed by atoms with van der Waals surface area (Å²) in [6.45, 7) is 2.74. The summed E-state index contributed by atoms with van der Waals surface area (Å²) in [7, 11) is -2.18. The molecule has 2 atom stereocenters. The van der Waals surface area contributed by atoms with Crippen molar-refractivity contribution < 1.29 is 23.0 Å². The second-order valence-electron chi connectivity index (χ2n) is 8.49. The van der Waals surface area contributed by atoms with Gasteiger partial charge in [0, 0.05) is 44.1 Å². The molecule has 0 radical (unpaired) electrons. The number of aromatic nitrogens is 2. The number of sulfonamides is 1. The largest absolute Gasteiger partial charge is 0.491 e. The molecule has 0 bridgehead atoms. The minimum Gasteiger partial charge on any atom is -0.491 e. The molecular formula is C22H31N5O5S. The molecular weight excluding hydrogens is 446 g/mol. The third kappa shape index (κ3) is 5.98. The number of hydrogen-bond acceptors (Lipinski definition) is 9. The maximum atomic E-state index is 11.9. The number of piperidine rings is 1. The monoisotopic (exact) mass is 477 g/mol. The topological polar surface area (TPSA) is 126 Å². The van der Waals surface area contributed by atoms with E-state index in [9.17, 15) is 13.5 Å².